The maximum atomic E-state index is 11.9. The zero-order valence-corrected chi connectivity index (χ0v) is 11.6. The van der Waals surface area contributed by atoms with Gasteiger partial charge in [-0.3, -0.25) is 9.69 Å². The average Bonchev–Trinajstić information content (AvgIpc) is 2.40. The number of piperidine rings is 1. The van der Waals surface area contributed by atoms with Gasteiger partial charge in [0.25, 0.3) is 0 Å². The SMILES string of the molecule is CSc1cccc(NC(=O)CN2CCCCC2)c1. The number of benzene rings is 1. The van der Waals surface area contributed by atoms with Crippen molar-refractivity contribution in [2.24, 2.45) is 0 Å². The van der Waals surface area contributed by atoms with Crippen LogP contribution in [0.15, 0.2) is 29.2 Å². The molecule has 1 aromatic carbocycles. The van der Waals surface area contributed by atoms with Crippen LogP contribution in [0.2, 0.25) is 0 Å². The molecule has 1 fully saturated rings. The Labute approximate surface area is 113 Å². The van der Waals surface area contributed by atoms with Crippen LogP contribution in [0.1, 0.15) is 19.3 Å². The van der Waals surface area contributed by atoms with Gasteiger partial charge in [-0.2, -0.15) is 0 Å². The molecule has 0 bridgehead atoms. The van der Waals surface area contributed by atoms with Crippen molar-refractivity contribution in [2.75, 3.05) is 31.2 Å². The topological polar surface area (TPSA) is 32.3 Å². The highest BCUT2D eigenvalue weighted by atomic mass is 32.2. The van der Waals surface area contributed by atoms with Gasteiger partial charge in [0.1, 0.15) is 0 Å². The van der Waals surface area contributed by atoms with Crippen molar-refractivity contribution in [2.45, 2.75) is 24.2 Å². The van der Waals surface area contributed by atoms with Crippen LogP contribution in [0.4, 0.5) is 5.69 Å². The van der Waals surface area contributed by atoms with Gasteiger partial charge in [-0.1, -0.05) is 12.5 Å². The van der Waals surface area contributed by atoms with Gasteiger partial charge in [-0.15, -0.1) is 11.8 Å². The van der Waals surface area contributed by atoms with Crippen molar-refractivity contribution < 1.29 is 4.79 Å². The highest BCUT2D eigenvalue weighted by Gasteiger charge is 2.13. The molecular weight excluding hydrogens is 244 g/mol. The van der Waals surface area contributed by atoms with Gasteiger partial charge in [0.2, 0.25) is 5.91 Å². The van der Waals surface area contributed by atoms with Gasteiger partial charge in [-0.05, 0) is 50.4 Å². The fraction of sp³-hybridized carbons (Fsp3) is 0.500. The fourth-order valence-corrected chi connectivity index (χ4v) is 2.68. The molecule has 2 rings (SSSR count). The predicted octanol–water partition coefficient (Wildman–Crippen LogP) is 2.83. The summed E-state index contributed by atoms with van der Waals surface area (Å²) in [6, 6.07) is 7.97. The van der Waals surface area contributed by atoms with Gasteiger partial charge < -0.3 is 5.32 Å². The maximum Gasteiger partial charge on any atom is 0.238 e. The number of amides is 1. The number of carbonyl (C=O) groups excluding carboxylic acids is 1. The molecule has 1 aromatic rings. The summed E-state index contributed by atoms with van der Waals surface area (Å²) in [7, 11) is 0. The lowest BCUT2D eigenvalue weighted by Gasteiger charge is -2.25. The smallest absolute Gasteiger partial charge is 0.238 e. The first-order valence-corrected chi connectivity index (χ1v) is 7.66. The van der Waals surface area contributed by atoms with Crippen molar-refractivity contribution in [1.29, 1.82) is 0 Å². The number of carbonyl (C=O) groups is 1. The first-order chi connectivity index (χ1) is 8.78. The van der Waals surface area contributed by atoms with Gasteiger partial charge in [0.05, 0.1) is 6.54 Å². The van der Waals surface area contributed by atoms with E-state index < -0.39 is 0 Å². The molecule has 0 radical (unpaired) electrons. The predicted molar refractivity (Wildman–Crippen MR) is 77.1 cm³/mol. The van der Waals surface area contributed by atoms with Crippen molar-refractivity contribution >= 4 is 23.4 Å². The molecule has 4 heteroatoms. The molecule has 0 aromatic heterocycles. The van der Waals surface area contributed by atoms with Crippen molar-refractivity contribution in [3.63, 3.8) is 0 Å². The number of thioether (sulfide) groups is 1. The number of rotatable bonds is 4. The molecule has 1 heterocycles. The monoisotopic (exact) mass is 264 g/mol. The standard InChI is InChI=1S/C14H20N2OS/c1-18-13-7-5-6-12(10-13)15-14(17)11-16-8-3-2-4-9-16/h5-7,10H,2-4,8-9,11H2,1H3,(H,15,17). The van der Waals surface area contributed by atoms with E-state index in [4.69, 9.17) is 0 Å². The Bertz CT molecular complexity index is 403. The van der Waals surface area contributed by atoms with E-state index in [-0.39, 0.29) is 5.91 Å². The minimum Gasteiger partial charge on any atom is -0.325 e. The number of likely N-dealkylation sites (tertiary alicyclic amines) is 1. The van der Waals surface area contributed by atoms with E-state index in [1.54, 1.807) is 11.8 Å². The van der Waals surface area contributed by atoms with E-state index in [2.05, 4.69) is 10.2 Å². The fourth-order valence-electron chi connectivity index (χ4n) is 2.22. The van der Waals surface area contributed by atoms with Crippen LogP contribution in [0.3, 0.4) is 0 Å². The van der Waals surface area contributed by atoms with Crippen LogP contribution >= 0.6 is 11.8 Å². The third-order valence-electron chi connectivity index (χ3n) is 3.17. The number of anilines is 1. The highest BCUT2D eigenvalue weighted by Crippen LogP contribution is 2.19. The molecule has 3 nitrogen and oxygen atoms in total. The van der Waals surface area contributed by atoms with E-state index in [0.717, 1.165) is 18.8 Å². The summed E-state index contributed by atoms with van der Waals surface area (Å²) in [6.07, 6.45) is 5.77. The van der Waals surface area contributed by atoms with E-state index in [1.165, 1.54) is 24.2 Å². The molecule has 0 spiro atoms. The van der Waals surface area contributed by atoms with Crippen molar-refractivity contribution in [1.82, 2.24) is 4.90 Å². The first-order valence-electron chi connectivity index (χ1n) is 6.44. The highest BCUT2D eigenvalue weighted by molar-refractivity contribution is 7.98. The van der Waals surface area contributed by atoms with Crippen molar-refractivity contribution in [3.05, 3.63) is 24.3 Å². The van der Waals surface area contributed by atoms with Gasteiger partial charge in [-0.25, -0.2) is 0 Å². The first kappa shape index (κ1) is 13.4. The minimum absolute atomic E-state index is 0.0927. The molecule has 1 saturated heterocycles. The molecule has 1 aliphatic heterocycles. The molecule has 1 aliphatic rings. The van der Waals surface area contributed by atoms with Crippen LogP contribution < -0.4 is 5.32 Å². The molecule has 98 valence electrons. The second kappa shape index (κ2) is 6.81. The number of nitrogens with zero attached hydrogens (tertiary/aromatic N) is 1. The van der Waals surface area contributed by atoms with Gasteiger partial charge in [0, 0.05) is 10.6 Å². The van der Waals surface area contributed by atoms with Gasteiger partial charge in [0.15, 0.2) is 0 Å². The Morgan fingerprint density at radius 3 is 2.83 bits per heavy atom. The Balaban J connectivity index is 1.85. The van der Waals surface area contributed by atoms with E-state index in [1.807, 2.05) is 30.5 Å². The maximum absolute atomic E-state index is 11.9. The summed E-state index contributed by atoms with van der Waals surface area (Å²) in [5, 5.41) is 2.97. The van der Waals surface area contributed by atoms with Crippen LogP contribution in [0.5, 0.6) is 0 Å². The summed E-state index contributed by atoms with van der Waals surface area (Å²) in [6.45, 7) is 2.63. The molecule has 0 aliphatic carbocycles. The third-order valence-corrected chi connectivity index (χ3v) is 3.89. The molecule has 0 saturated carbocycles. The molecule has 1 amide bonds. The van der Waals surface area contributed by atoms with Crippen molar-refractivity contribution in [3.8, 4) is 0 Å². The van der Waals surface area contributed by atoms with E-state index >= 15 is 0 Å². The van der Waals surface area contributed by atoms with Gasteiger partial charge >= 0.3 is 0 Å². The summed E-state index contributed by atoms with van der Waals surface area (Å²) < 4.78 is 0. The third kappa shape index (κ3) is 4.03. The molecule has 1 N–H and O–H groups in total. The quantitative estimate of drug-likeness (QED) is 0.849. The lowest BCUT2D eigenvalue weighted by atomic mass is 10.1. The number of nitrogens with one attached hydrogen (secondary N) is 1. The Hall–Kier alpha value is -1.00. The zero-order chi connectivity index (χ0) is 12.8. The largest absolute Gasteiger partial charge is 0.325 e. The Morgan fingerprint density at radius 1 is 1.33 bits per heavy atom. The Morgan fingerprint density at radius 2 is 2.11 bits per heavy atom. The normalized spacial score (nSPS) is 16.5. The van der Waals surface area contributed by atoms with Crippen LogP contribution in [0.25, 0.3) is 0 Å². The summed E-state index contributed by atoms with van der Waals surface area (Å²) in [5.74, 6) is 0.0927. The zero-order valence-electron chi connectivity index (χ0n) is 10.8. The van der Waals surface area contributed by atoms with E-state index in [9.17, 15) is 4.79 Å². The molecular formula is C14H20N2OS. The minimum atomic E-state index is 0.0927. The Kier molecular flexibility index (Phi) is 5.08. The summed E-state index contributed by atoms with van der Waals surface area (Å²) >= 11 is 1.68. The van der Waals surface area contributed by atoms with Crippen LogP contribution in [-0.4, -0.2) is 36.7 Å². The van der Waals surface area contributed by atoms with E-state index in [0.29, 0.717) is 6.54 Å². The summed E-state index contributed by atoms with van der Waals surface area (Å²) in [4.78, 5) is 15.3. The molecule has 18 heavy (non-hydrogen) atoms. The second-order valence-corrected chi connectivity index (χ2v) is 5.50. The molecule has 0 atom stereocenters. The van der Waals surface area contributed by atoms with Crippen LogP contribution in [0, 0.1) is 0 Å². The van der Waals surface area contributed by atoms with Crippen LogP contribution in [-0.2, 0) is 4.79 Å². The lowest BCUT2D eigenvalue weighted by molar-refractivity contribution is -0.117. The number of hydrogen-bond acceptors (Lipinski definition) is 3. The lowest BCUT2D eigenvalue weighted by Crippen LogP contribution is -2.36. The molecule has 0 unspecified atom stereocenters. The number of hydrogen-bond donors (Lipinski definition) is 1. The summed E-state index contributed by atoms with van der Waals surface area (Å²) in [5.41, 5.74) is 0.892. The average molecular weight is 264 g/mol. The second-order valence-electron chi connectivity index (χ2n) is 4.62.